The zero-order valence-electron chi connectivity index (χ0n) is 11.4. The van der Waals surface area contributed by atoms with Gasteiger partial charge in [-0.15, -0.1) is 0 Å². The second-order valence-corrected chi connectivity index (χ2v) is 7.65. The molecule has 0 aliphatic carbocycles. The van der Waals surface area contributed by atoms with Crippen molar-refractivity contribution in [1.82, 2.24) is 9.21 Å². The van der Waals surface area contributed by atoms with Crippen LogP contribution in [0.3, 0.4) is 0 Å². The highest BCUT2D eigenvalue weighted by Gasteiger charge is 2.45. The second kappa shape index (κ2) is 5.28. The summed E-state index contributed by atoms with van der Waals surface area (Å²) in [6, 6.07) is -0.107. The summed E-state index contributed by atoms with van der Waals surface area (Å²) in [6.07, 6.45) is 3.04. The van der Waals surface area contributed by atoms with Gasteiger partial charge < -0.3 is 10.0 Å². The summed E-state index contributed by atoms with van der Waals surface area (Å²) in [5.74, 6) is 0.124. The van der Waals surface area contributed by atoms with Gasteiger partial charge in [-0.2, -0.15) is 4.31 Å². The Hall–Kier alpha value is -0.820. The number of sulfonamides is 1. The Balaban J connectivity index is 2.20. The van der Waals surface area contributed by atoms with E-state index >= 15 is 0 Å². The maximum atomic E-state index is 12.2. The minimum Gasteiger partial charge on any atom is -0.465 e. The van der Waals surface area contributed by atoms with Crippen LogP contribution in [-0.4, -0.2) is 59.7 Å². The van der Waals surface area contributed by atoms with Gasteiger partial charge >= 0.3 is 6.09 Å². The normalized spacial score (nSPS) is 32.0. The molecule has 0 radical (unpaired) electrons. The standard InChI is InChI=1S/C12H22N2O4S/c1-3-19(17,18)14-9-5-4-6-10(14)8-11(7-9)13(2)12(15)16/h9-11H,3-8H2,1-2H3,(H,15,16)/t9-,10+,11-. The molecular weight excluding hydrogens is 268 g/mol. The number of carbonyl (C=O) groups is 1. The summed E-state index contributed by atoms with van der Waals surface area (Å²) < 4.78 is 26.0. The monoisotopic (exact) mass is 290 g/mol. The quantitative estimate of drug-likeness (QED) is 0.850. The molecule has 0 aromatic rings. The van der Waals surface area contributed by atoms with Gasteiger partial charge in [-0.05, 0) is 32.6 Å². The van der Waals surface area contributed by atoms with Crippen LogP contribution in [0.5, 0.6) is 0 Å². The summed E-state index contributed by atoms with van der Waals surface area (Å²) in [7, 11) is -1.61. The van der Waals surface area contributed by atoms with E-state index in [2.05, 4.69) is 0 Å². The molecule has 19 heavy (non-hydrogen) atoms. The van der Waals surface area contributed by atoms with Crippen molar-refractivity contribution < 1.29 is 18.3 Å². The Morgan fingerprint density at radius 3 is 2.26 bits per heavy atom. The fraction of sp³-hybridized carbons (Fsp3) is 0.917. The number of fused-ring (bicyclic) bond motifs is 2. The van der Waals surface area contributed by atoms with E-state index in [1.807, 2.05) is 0 Å². The molecule has 2 aliphatic rings. The predicted molar refractivity (Wildman–Crippen MR) is 71.5 cm³/mol. The highest BCUT2D eigenvalue weighted by Crippen LogP contribution is 2.37. The Morgan fingerprint density at radius 2 is 1.84 bits per heavy atom. The van der Waals surface area contributed by atoms with Crippen LogP contribution >= 0.6 is 0 Å². The molecule has 1 N–H and O–H groups in total. The highest BCUT2D eigenvalue weighted by atomic mass is 32.2. The van der Waals surface area contributed by atoms with Gasteiger partial charge in [0.05, 0.1) is 5.75 Å². The van der Waals surface area contributed by atoms with E-state index in [0.717, 1.165) is 19.3 Å². The largest absolute Gasteiger partial charge is 0.465 e. The van der Waals surface area contributed by atoms with Crippen LogP contribution in [0.2, 0.25) is 0 Å². The predicted octanol–water partition coefficient (Wildman–Crippen LogP) is 1.33. The lowest BCUT2D eigenvalue weighted by Crippen LogP contribution is -2.59. The Morgan fingerprint density at radius 1 is 1.32 bits per heavy atom. The molecule has 1 amide bonds. The van der Waals surface area contributed by atoms with E-state index in [1.165, 1.54) is 4.90 Å². The summed E-state index contributed by atoms with van der Waals surface area (Å²) in [4.78, 5) is 12.4. The van der Waals surface area contributed by atoms with Gasteiger partial charge in [0.1, 0.15) is 0 Å². The van der Waals surface area contributed by atoms with Gasteiger partial charge in [0.25, 0.3) is 0 Å². The Bertz CT molecular complexity index is 437. The molecule has 7 heteroatoms. The lowest BCUT2D eigenvalue weighted by atomic mass is 9.83. The van der Waals surface area contributed by atoms with Gasteiger partial charge in [0.2, 0.25) is 10.0 Å². The second-order valence-electron chi connectivity index (χ2n) is 5.49. The van der Waals surface area contributed by atoms with E-state index in [4.69, 9.17) is 5.11 Å². The van der Waals surface area contributed by atoms with Gasteiger partial charge in [-0.25, -0.2) is 13.2 Å². The molecule has 110 valence electrons. The zero-order valence-corrected chi connectivity index (χ0v) is 12.3. The van der Waals surface area contributed by atoms with Crippen molar-refractivity contribution in [3.63, 3.8) is 0 Å². The SMILES string of the molecule is CCS(=O)(=O)N1[C@@H]2CCC[C@H]1C[C@H](N(C)C(=O)O)C2. The molecule has 6 nitrogen and oxygen atoms in total. The molecule has 2 saturated heterocycles. The highest BCUT2D eigenvalue weighted by molar-refractivity contribution is 7.89. The maximum absolute atomic E-state index is 12.2. The number of rotatable bonds is 3. The first-order chi connectivity index (χ1) is 8.86. The first kappa shape index (κ1) is 14.6. The average molecular weight is 290 g/mol. The molecule has 2 rings (SSSR count). The van der Waals surface area contributed by atoms with Crippen molar-refractivity contribution in [3.8, 4) is 0 Å². The molecule has 2 bridgehead atoms. The lowest BCUT2D eigenvalue weighted by Gasteiger charge is -2.49. The van der Waals surface area contributed by atoms with E-state index < -0.39 is 16.1 Å². The van der Waals surface area contributed by atoms with Crippen molar-refractivity contribution >= 4 is 16.1 Å². The van der Waals surface area contributed by atoms with E-state index in [1.54, 1.807) is 18.3 Å². The average Bonchev–Trinajstić information content (AvgIpc) is 2.36. The smallest absolute Gasteiger partial charge is 0.407 e. The number of carboxylic acid groups (broad SMARTS) is 1. The topological polar surface area (TPSA) is 77.9 Å². The summed E-state index contributed by atoms with van der Waals surface area (Å²) >= 11 is 0. The van der Waals surface area contributed by atoms with Gasteiger partial charge in [0.15, 0.2) is 0 Å². The summed E-state index contributed by atoms with van der Waals surface area (Å²) in [5, 5.41) is 9.06. The fourth-order valence-electron chi connectivity index (χ4n) is 3.39. The lowest BCUT2D eigenvalue weighted by molar-refractivity contribution is 0.0552. The zero-order chi connectivity index (χ0) is 14.2. The molecule has 0 unspecified atom stereocenters. The van der Waals surface area contributed by atoms with Crippen LogP contribution in [0, 0.1) is 0 Å². The van der Waals surface area contributed by atoms with Crippen molar-refractivity contribution in [3.05, 3.63) is 0 Å². The van der Waals surface area contributed by atoms with Crippen LogP contribution in [-0.2, 0) is 10.0 Å². The molecule has 2 aliphatic heterocycles. The van der Waals surface area contributed by atoms with Crippen molar-refractivity contribution in [2.45, 2.75) is 57.2 Å². The van der Waals surface area contributed by atoms with Crippen molar-refractivity contribution in [1.29, 1.82) is 0 Å². The Labute approximate surface area is 114 Å². The molecule has 2 heterocycles. The molecule has 0 spiro atoms. The number of piperidine rings is 2. The first-order valence-corrected chi connectivity index (χ1v) is 8.44. The van der Waals surface area contributed by atoms with E-state index in [0.29, 0.717) is 12.8 Å². The molecule has 0 aromatic heterocycles. The molecular formula is C12H22N2O4S. The van der Waals surface area contributed by atoms with Gasteiger partial charge in [-0.1, -0.05) is 6.42 Å². The van der Waals surface area contributed by atoms with Crippen LogP contribution in [0.4, 0.5) is 4.79 Å². The Kier molecular flexibility index (Phi) is 4.06. The van der Waals surface area contributed by atoms with Crippen LogP contribution in [0.25, 0.3) is 0 Å². The summed E-state index contributed by atoms with van der Waals surface area (Å²) in [5.41, 5.74) is 0. The summed E-state index contributed by atoms with van der Waals surface area (Å²) in [6.45, 7) is 1.67. The third-order valence-corrected chi connectivity index (χ3v) is 6.39. The number of hydrogen-bond acceptors (Lipinski definition) is 3. The molecule has 0 aromatic carbocycles. The van der Waals surface area contributed by atoms with Gasteiger partial charge in [0, 0.05) is 25.2 Å². The van der Waals surface area contributed by atoms with Crippen LogP contribution in [0.15, 0.2) is 0 Å². The third-order valence-electron chi connectivity index (χ3n) is 4.42. The van der Waals surface area contributed by atoms with E-state index in [9.17, 15) is 13.2 Å². The van der Waals surface area contributed by atoms with Crippen LogP contribution in [0.1, 0.15) is 39.0 Å². The van der Waals surface area contributed by atoms with Gasteiger partial charge in [-0.3, -0.25) is 0 Å². The molecule has 3 atom stereocenters. The maximum Gasteiger partial charge on any atom is 0.407 e. The first-order valence-electron chi connectivity index (χ1n) is 6.83. The molecule has 2 fully saturated rings. The molecule has 0 saturated carbocycles. The van der Waals surface area contributed by atoms with E-state index in [-0.39, 0.29) is 23.9 Å². The van der Waals surface area contributed by atoms with Crippen LogP contribution < -0.4 is 0 Å². The number of amides is 1. The third kappa shape index (κ3) is 2.72. The number of nitrogens with zero attached hydrogens (tertiary/aromatic N) is 2. The minimum absolute atomic E-state index is 0.0238. The number of hydrogen-bond donors (Lipinski definition) is 1. The van der Waals surface area contributed by atoms with Crippen molar-refractivity contribution in [2.75, 3.05) is 12.8 Å². The fourth-order valence-corrected chi connectivity index (χ4v) is 4.97. The minimum atomic E-state index is -3.18. The van der Waals surface area contributed by atoms with Crippen molar-refractivity contribution in [2.24, 2.45) is 0 Å².